The zero-order valence-corrected chi connectivity index (χ0v) is 9.22. The molecule has 70 valence electrons. The summed E-state index contributed by atoms with van der Waals surface area (Å²) in [5.41, 5.74) is 1.07. The van der Waals surface area contributed by atoms with Crippen LogP contribution in [0.2, 0.25) is 0 Å². The molecule has 1 aromatic carbocycles. The molecule has 0 N–H and O–H groups in total. The Morgan fingerprint density at radius 1 is 1.00 bits per heavy atom. The first-order chi connectivity index (χ1) is 6.63. The van der Waals surface area contributed by atoms with Crippen LogP contribution in [0.15, 0.2) is 29.3 Å². The van der Waals surface area contributed by atoms with Gasteiger partial charge in [0.25, 0.3) is 0 Å². The van der Waals surface area contributed by atoms with Crippen molar-refractivity contribution in [3.8, 4) is 0 Å². The molecular formula is C10H4BrClO2. The Morgan fingerprint density at radius 2 is 1.57 bits per heavy atom. The van der Waals surface area contributed by atoms with Crippen molar-refractivity contribution in [2.75, 3.05) is 0 Å². The Hall–Kier alpha value is -0.930. The van der Waals surface area contributed by atoms with Crippen molar-refractivity contribution in [2.24, 2.45) is 0 Å². The van der Waals surface area contributed by atoms with E-state index in [1.165, 1.54) is 0 Å². The van der Waals surface area contributed by atoms with Gasteiger partial charge in [-0.25, -0.2) is 0 Å². The van der Waals surface area contributed by atoms with Gasteiger partial charge < -0.3 is 0 Å². The largest absolute Gasteiger partial charge is 0.285 e. The molecule has 0 atom stereocenters. The summed E-state index contributed by atoms with van der Waals surface area (Å²) in [5.74, 6) is -1.20. The third-order valence-electron chi connectivity index (χ3n) is 2.01. The number of hydrogen-bond donors (Lipinski definition) is 0. The molecule has 0 radical (unpaired) electrons. The molecule has 0 saturated heterocycles. The Kier molecular flexibility index (Phi) is 2.29. The second-order valence-electron chi connectivity index (χ2n) is 2.83. The lowest BCUT2D eigenvalue weighted by Crippen LogP contribution is -2.20. The number of ketones is 2. The lowest BCUT2D eigenvalue weighted by atomic mass is 9.95. The van der Waals surface area contributed by atoms with Crippen molar-refractivity contribution in [1.82, 2.24) is 0 Å². The van der Waals surface area contributed by atoms with Crippen LogP contribution in [0.4, 0.5) is 0 Å². The third-order valence-corrected chi connectivity index (χ3v) is 3.42. The predicted octanol–water partition coefficient (Wildman–Crippen LogP) is 2.75. The van der Waals surface area contributed by atoms with Gasteiger partial charge >= 0.3 is 0 Å². The van der Waals surface area contributed by atoms with E-state index in [1.54, 1.807) is 24.3 Å². The van der Waals surface area contributed by atoms with Gasteiger partial charge in [-0.1, -0.05) is 35.9 Å². The number of benzene rings is 1. The molecule has 4 heteroatoms. The Morgan fingerprint density at radius 3 is 2.21 bits per heavy atom. The van der Waals surface area contributed by atoms with Crippen molar-refractivity contribution in [1.29, 1.82) is 0 Å². The summed E-state index contributed by atoms with van der Waals surface area (Å²) in [4.78, 5) is 22.8. The summed E-state index contributed by atoms with van der Waals surface area (Å²) >= 11 is 8.90. The van der Waals surface area contributed by atoms with Gasteiger partial charge in [0.05, 0.1) is 0 Å². The number of halogens is 2. The number of rotatable bonds is 0. The smallest absolute Gasteiger partial charge is 0.246 e. The predicted molar refractivity (Wildman–Crippen MR) is 57.5 cm³/mol. The monoisotopic (exact) mass is 270 g/mol. The maximum absolute atomic E-state index is 11.5. The lowest BCUT2D eigenvalue weighted by Gasteiger charge is -2.13. The van der Waals surface area contributed by atoms with E-state index in [-0.39, 0.29) is 5.03 Å². The maximum atomic E-state index is 11.5. The normalized spacial score (nSPS) is 15.9. The minimum absolute atomic E-state index is 0.0475. The van der Waals surface area contributed by atoms with Gasteiger partial charge in [-0.15, -0.1) is 0 Å². The molecule has 0 unspecified atom stereocenters. The Balaban J connectivity index is 2.78. The van der Waals surface area contributed by atoms with Gasteiger partial charge in [-0.2, -0.15) is 0 Å². The van der Waals surface area contributed by atoms with E-state index in [0.717, 1.165) is 0 Å². The van der Waals surface area contributed by atoms with Crippen LogP contribution >= 0.6 is 27.5 Å². The van der Waals surface area contributed by atoms with Crippen LogP contribution < -0.4 is 0 Å². The summed E-state index contributed by atoms with van der Waals surface area (Å²) in [7, 11) is 0. The van der Waals surface area contributed by atoms with Crippen molar-refractivity contribution in [3.05, 3.63) is 40.4 Å². The molecule has 0 spiro atoms. The van der Waals surface area contributed by atoms with Crippen molar-refractivity contribution in [3.63, 3.8) is 0 Å². The molecule has 2 rings (SSSR count). The van der Waals surface area contributed by atoms with Crippen LogP contribution in [-0.2, 0) is 4.79 Å². The first-order valence-corrected chi connectivity index (χ1v) is 5.03. The molecule has 14 heavy (non-hydrogen) atoms. The average Bonchev–Trinajstić information content (AvgIpc) is 2.23. The average molecular weight is 271 g/mol. The minimum atomic E-state index is -0.655. The Labute approximate surface area is 93.7 Å². The molecule has 0 aromatic heterocycles. The van der Waals surface area contributed by atoms with Crippen LogP contribution in [-0.4, -0.2) is 11.6 Å². The molecule has 0 amide bonds. The van der Waals surface area contributed by atoms with E-state index < -0.39 is 11.6 Å². The summed E-state index contributed by atoms with van der Waals surface area (Å²) in [6.07, 6.45) is 0. The van der Waals surface area contributed by atoms with Crippen LogP contribution in [0.1, 0.15) is 15.9 Å². The fraction of sp³-hybridized carbons (Fsp3) is 0. The SMILES string of the molecule is O=C1C(=O)c2ccccc2C(Br)=C1Cl. The van der Waals surface area contributed by atoms with Crippen LogP contribution in [0.5, 0.6) is 0 Å². The molecule has 0 saturated carbocycles. The molecule has 2 nitrogen and oxygen atoms in total. The number of hydrogen-bond acceptors (Lipinski definition) is 2. The van der Waals surface area contributed by atoms with E-state index in [4.69, 9.17) is 11.6 Å². The van der Waals surface area contributed by atoms with Gasteiger partial charge in [0, 0.05) is 15.6 Å². The van der Waals surface area contributed by atoms with Crippen molar-refractivity contribution < 1.29 is 9.59 Å². The van der Waals surface area contributed by atoms with Gasteiger partial charge in [-0.3, -0.25) is 9.59 Å². The fourth-order valence-electron chi connectivity index (χ4n) is 1.31. The standard InChI is InChI=1S/C10H4BrClO2/c11-7-5-3-1-2-4-6(5)9(13)10(14)8(7)12/h1-4H. The highest BCUT2D eigenvalue weighted by atomic mass is 79.9. The lowest BCUT2D eigenvalue weighted by molar-refractivity contribution is -0.111. The first kappa shape index (κ1) is 9.62. The topological polar surface area (TPSA) is 34.1 Å². The number of carbonyl (C=O) groups excluding carboxylic acids is 2. The van der Waals surface area contributed by atoms with Gasteiger partial charge in [0.2, 0.25) is 11.6 Å². The van der Waals surface area contributed by atoms with E-state index in [0.29, 0.717) is 15.6 Å². The van der Waals surface area contributed by atoms with Crippen LogP contribution in [0, 0.1) is 0 Å². The number of fused-ring (bicyclic) bond motifs is 1. The van der Waals surface area contributed by atoms with Crippen LogP contribution in [0.3, 0.4) is 0 Å². The fourth-order valence-corrected chi connectivity index (χ4v) is 2.03. The summed E-state index contributed by atoms with van der Waals surface area (Å²) < 4.78 is 0.486. The van der Waals surface area contributed by atoms with Gasteiger partial charge in [0.15, 0.2) is 0 Å². The van der Waals surface area contributed by atoms with E-state index in [9.17, 15) is 9.59 Å². The van der Waals surface area contributed by atoms with E-state index in [1.807, 2.05) is 0 Å². The highest BCUT2D eigenvalue weighted by Crippen LogP contribution is 2.35. The molecule has 1 aliphatic rings. The Bertz CT molecular complexity index is 477. The zero-order valence-electron chi connectivity index (χ0n) is 6.88. The molecular weight excluding hydrogens is 267 g/mol. The summed E-state index contributed by atoms with van der Waals surface area (Å²) in [5, 5.41) is -0.0475. The van der Waals surface area contributed by atoms with E-state index in [2.05, 4.69) is 15.9 Å². The summed E-state index contributed by atoms with van der Waals surface area (Å²) in [6.45, 7) is 0. The van der Waals surface area contributed by atoms with Gasteiger partial charge in [-0.05, 0) is 15.9 Å². The quantitative estimate of drug-likeness (QED) is 0.680. The molecule has 0 aliphatic heterocycles. The van der Waals surface area contributed by atoms with Crippen molar-refractivity contribution in [2.45, 2.75) is 0 Å². The van der Waals surface area contributed by atoms with Crippen molar-refractivity contribution >= 4 is 43.6 Å². The number of carbonyl (C=O) groups is 2. The third kappa shape index (κ3) is 1.24. The highest BCUT2D eigenvalue weighted by Gasteiger charge is 2.30. The highest BCUT2D eigenvalue weighted by molar-refractivity contribution is 9.15. The maximum Gasteiger partial charge on any atom is 0.246 e. The van der Waals surface area contributed by atoms with Gasteiger partial charge in [0.1, 0.15) is 5.03 Å². The molecule has 0 bridgehead atoms. The van der Waals surface area contributed by atoms with E-state index >= 15 is 0 Å². The molecule has 0 heterocycles. The summed E-state index contributed by atoms with van der Waals surface area (Å²) in [6, 6.07) is 6.85. The molecule has 1 aromatic rings. The number of allylic oxidation sites excluding steroid dienone is 1. The van der Waals surface area contributed by atoms with Crippen LogP contribution in [0.25, 0.3) is 4.48 Å². The first-order valence-electron chi connectivity index (χ1n) is 3.86. The molecule has 0 fully saturated rings. The molecule has 1 aliphatic carbocycles. The second kappa shape index (κ2) is 3.33. The minimum Gasteiger partial charge on any atom is -0.285 e. The second-order valence-corrected chi connectivity index (χ2v) is 4.00. The number of Topliss-reactive ketones (excluding diaryl/α,β-unsaturated/α-hetero) is 2. The zero-order chi connectivity index (χ0) is 10.3.